The van der Waals surface area contributed by atoms with Crippen LogP contribution in [0.2, 0.25) is 0 Å². The number of nitrogens with zero attached hydrogens (tertiary/aromatic N) is 1. The van der Waals surface area contributed by atoms with Gasteiger partial charge in [-0.25, -0.2) is 4.79 Å². The Morgan fingerprint density at radius 3 is 2.55 bits per heavy atom. The van der Waals surface area contributed by atoms with Gasteiger partial charge in [0.2, 0.25) is 5.91 Å². The number of carbonyl (C=O) groups is 2. The number of hydrazone groups is 1. The summed E-state index contributed by atoms with van der Waals surface area (Å²) >= 11 is 0. The first kappa shape index (κ1) is 15.7. The molecule has 6 heteroatoms. The van der Waals surface area contributed by atoms with Gasteiger partial charge in [-0.1, -0.05) is 31.9 Å². The molecule has 0 aromatic heterocycles. The topological polar surface area (TPSA) is 96.6 Å². The van der Waals surface area contributed by atoms with E-state index in [1.807, 2.05) is 0 Å². The highest BCUT2D eigenvalue weighted by Gasteiger charge is 2.07. The Bertz CT molecular complexity index is 469. The summed E-state index contributed by atoms with van der Waals surface area (Å²) in [5, 5.41) is 8.28. The average molecular weight is 276 g/mol. The molecule has 0 radical (unpaired) electrons. The average Bonchev–Trinajstić information content (AvgIpc) is 2.41. The molecule has 6 nitrogen and oxygen atoms in total. The van der Waals surface area contributed by atoms with Crippen LogP contribution in [-0.2, 0) is 4.79 Å². The van der Waals surface area contributed by atoms with Crippen molar-refractivity contribution in [2.24, 2.45) is 10.9 Å². The van der Waals surface area contributed by atoms with E-state index in [1.165, 1.54) is 6.21 Å². The standard InChI is InChI=1S/C14H20N4O2/c1-2-3-4-5-13(19)18-14(20)17-12-8-6-11(7-9-12)10-16-15/h6-10H,2-5,15H2,1H3,(H2,17,18,19,20). The van der Waals surface area contributed by atoms with Gasteiger partial charge >= 0.3 is 6.03 Å². The van der Waals surface area contributed by atoms with E-state index < -0.39 is 6.03 Å². The van der Waals surface area contributed by atoms with Crippen molar-refractivity contribution >= 4 is 23.8 Å². The molecule has 0 heterocycles. The lowest BCUT2D eigenvalue weighted by molar-refractivity contribution is -0.120. The number of rotatable bonds is 6. The molecule has 0 atom stereocenters. The minimum atomic E-state index is -0.522. The van der Waals surface area contributed by atoms with Gasteiger partial charge in [0.05, 0.1) is 6.21 Å². The molecule has 0 spiro atoms. The summed E-state index contributed by atoms with van der Waals surface area (Å²) in [6, 6.07) is 6.41. The SMILES string of the molecule is CCCCCC(=O)NC(=O)Nc1ccc(C=NN)cc1. The molecule has 0 aliphatic carbocycles. The summed E-state index contributed by atoms with van der Waals surface area (Å²) in [5.74, 6) is 4.78. The van der Waals surface area contributed by atoms with Crippen molar-refractivity contribution in [2.45, 2.75) is 32.6 Å². The lowest BCUT2D eigenvalue weighted by Gasteiger charge is -2.06. The Morgan fingerprint density at radius 2 is 1.95 bits per heavy atom. The number of carbonyl (C=O) groups excluding carboxylic acids is 2. The van der Waals surface area contributed by atoms with Gasteiger partial charge < -0.3 is 11.2 Å². The van der Waals surface area contributed by atoms with Gasteiger partial charge in [0, 0.05) is 12.1 Å². The Labute approximate surface area is 118 Å². The molecule has 1 aromatic carbocycles. The number of nitrogens with two attached hydrogens (primary N) is 1. The normalized spacial score (nSPS) is 10.4. The van der Waals surface area contributed by atoms with Crippen LogP contribution in [0, 0.1) is 0 Å². The maximum atomic E-state index is 11.6. The quantitative estimate of drug-likeness (QED) is 0.321. The predicted octanol–water partition coefficient (Wildman–Crippen LogP) is 2.21. The molecule has 20 heavy (non-hydrogen) atoms. The molecule has 0 unspecified atom stereocenters. The summed E-state index contributed by atoms with van der Waals surface area (Å²) in [5.41, 5.74) is 1.42. The number of imide groups is 1. The van der Waals surface area contributed by atoms with Crippen LogP contribution in [0.5, 0.6) is 0 Å². The van der Waals surface area contributed by atoms with E-state index in [4.69, 9.17) is 5.84 Å². The molecule has 0 aliphatic rings. The van der Waals surface area contributed by atoms with E-state index in [2.05, 4.69) is 22.7 Å². The fraction of sp³-hybridized carbons (Fsp3) is 0.357. The number of amides is 3. The van der Waals surface area contributed by atoms with Gasteiger partial charge in [-0.3, -0.25) is 10.1 Å². The van der Waals surface area contributed by atoms with E-state index in [9.17, 15) is 9.59 Å². The minimum Gasteiger partial charge on any atom is -0.323 e. The number of benzene rings is 1. The van der Waals surface area contributed by atoms with Crippen LogP contribution in [-0.4, -0.2) is 18.2 Å². The molecule has 3 amide bonds. The second kappa shape index (κ2) is 8.68. The zero-order valence-corrected chi connectivity index (χ0v) is 11.6. The van der Waals surface area contributed by atoms with Crippen LogP contribution in [0.25, 0.3) is 0 Å². The molecule has 0 saturated heterocycles. The molecule has 4 N–H and O–H groups in total. The maximum absolute atomic E-state index is 11.6. The van der Waals surface area contributed by atoms with Crippen molar-refractivity contribution in [1.29, 1.82) is 0 Å². The molecule has 108 valence electrons. The van der Waals surface area contributed by atoms with Crippen LogP contribution in [0.3, 0.4) is 0 Å². The van der Waals surface area contributed by atoms with E-state index in [1.54, 1.807) is 24.3 Å². The number of hydrogen-bond acceptors (Lipinski definition) is 4. The maximum Gasteiger partial charge on any atom is 0.325 e. The van der Waals surface area contributed by atoms with Gasteiger partial charge in [0.15, 0.2) is 0 Å². The highest BCUT2D eigenvalue weighted by Crippen LogP contribution is 2.08. The molecule has 1 aromatic rings. The fourth-order valence-corrected chi connectivity index (χ4v) is 1.63. The van der Waals surface area contributed by atoms with E-state index in [-0.39, 0.29) is 5.91 Å². The number of unbranched alkanes of at least 4 members (excludes halogenated alkanes) is 2. The van der Waals surface area contributed by atoms with Crippen molar-refractivity contribution in [3.63, 3.8) is 0 Å². The predicted molar refractivity (Wildman–Crippen MR) is 79.5 cm³/mol. The van der Waals surface area contributed by atoms with Crippen LogP contribution in [0.4, 0.5) is 10.5 Å². The van der Waals surface area contributed by atoms with Crippen molar-refractivity contribution in [2.75, 3.05) is 5.32 Å². The smallest absolute Gasteiger partial charge is 0.323 e. The zero-order valence-electron chi connectivity index (χ0n) is 11.6. The highest BCUT2D eigenvalue weighted by atomic mass is 16.2. The number of urea groups is 1. The molecular formula is C14H20N4O2. The van der Waals surface area contributed by atoms with E-state index in [0.29, 0.717) is 12.1 Å². The fourth-order valence-electron chi connectivity index (χ4n) is 1.63. The summed E-state index contributed by atoms with van der Waals surface area (Å²) in [6.45, 7) is 2.06. The first-order valence-electron chi connectivity index (χ1n) is 6.60. The van der Waals surface area contributed by atoms with Crippen molar-refractivity contribution in [3.8, 4) is 0 Å². The lowest BCUT2D eigenvalue weighted by atomic mass is 10.2. The van der Waals surface area contributed by atoms with Gasteiger partial charge in [-0.05, 0) is 24.1 Å². The first-order chi connectivity index (χ1) is 9.65. The molecule has 1 rings (SSSR count). The Morgan fingerprint density at radius 1 is 1.25 bits per heavy atom. The number of hydrogen-bond donors (Lipinski definition) is 3. The van der Waals surface area contributed by atoms with Crippen LogP contribution >= 0.6 is 0 Å². The molecule has 0 aliphatic heterocycles. The molecule has 0 saturated carbocycles. The number of anilines is 1. The summed E-state index contributed by atoms with van der Waals surface area (Å²) in [6.07, 6.45) is 4.69. The summed E-state index contributed by atoms with van der Waals surface area (Å²) in [4.78, 5) is 23.0. The van der Waals surface area contributed by atoms with Crippen LogP contribution in [0.1, 0.15) is 38.2 Å². The third-order valence-electron chi connectivity index (χ3n) is 2.65. The zero-order chi connectivity index (χ0) is 14.8. The second-order valence-corrected chi connectivity index (χ2v) is 4.36. The van der Waals surface area contributed by atoms with Gasteiger partial charge in [0.25, 0.3) is 0 Å². The molecular weight excluding hydrogens is 256 g/mol. The van der Waals surface area contributed by atoms with E-state index >= 15 is 0 Å². The second-order valence-electron chi connectivity index (χ2n) is 4.36. The van der Waals surface area contributed by atoms with E-state index in [0.717, 1.165) is 24.8 Å². The van der Waals surface area contributed by atoms with Crippen LogP contribution < -0.4 is 16.5 Å². The molecule has 0 fully saturated rings. The monoisotopic (exact) mass is 276 g/mol. The molecule has 0 bridgehead atoms. The summed E-state index contributed by atoms with van der Waals surface area (Å²) < 4.78 is 0. The lowest BCUT2D eigenvalue weighted by Crippen LogP contribution is -2.34. The highest BCUT2D eigenvalue weighted by molar-refractivity contribution is 6.01. The summed E-state index contributed by atoms with van der Waals surface area (Å²) in [7, 11) is 0. The van der Waals surface area contributed by atoms with Gasteiger partial charge in [0.1, 0.15) is 0 Å². The van der Waals surface area contributed by atoms with Crippen molar-refractivity contribution in [3.05, 3.63) is 29.8 Å². The minimum absolute atomic E-state index is 0.261. The van der Waals surface area contributed by atoms with Crippen molar-refractivity contribution in [1.82, 2.24) is 5.32 Å². The van der Waals surface area contributed by atoms with Gasteiger partial charge in [-0.15, -0.1) is 0 Å². The Hall–Kier alpha value is -2.37. The largest absolute Gasteiger partial charge is 0.325 e. The van der Waals surface area contributed by atoms with Crippen LogP contribution in [0.15, 0.2) is 29.4 Å². The third kappa shape index (κ3) is 5.99. The first-order valence-corrected chi connectivity index (χ1v) is 6.60. The number of nitrogens with one attached hydrogen (secondary N) is 2. The Kier molecular flexibility index (Phi) is 6.81. The van der Waals surface area contributed by atoms with Crippen molar-refractivity contribution < 1.29 is 9.59 Å². The third-order valence-corrected chi connectivity index (χ3v) is 2.65. The Balaban J connectivity index is 2.39. The van der Waals surface area contributed by atoms with Gasteiger partial charge in [-0.2, -0.15) is 5.10 Å².